The number of hydrogen-bond acceptors (Lipinski definition) is 0. The molecule has 0 nitrogen and oxygen atoms in total. The van der Waals surface area contributed by atoms with E-state index < -0.39 is 90.1 Å². The first kappa shape index (κ1) is 29.0. The van der Waals surface area contributed by atoms with Crippen molar-refractivity contribution in [3.63, 3.8) is 0 Å². The molecule has 0 bridgehead atoms. The molecule has 2 aliphatic carbocycles. The third kappa shape index (κ3) is 2.69. The van der Waals surface area contributed by atoms with Crippen LogP contribution < -0.4 is 0 Å². The third-order valence-corrected chi connectivity index (χ3v) is 7.50. The Kier molecular flexibility index (Phi) is 5.78. The molecule has 2 saturated carbocycles. The van der Waals surface area contributed by atoms with Crippen molar-refractivity contribution in [1.82, 2.24) is 0 Å². The average molecular weight is 542 g/mol. The summed E-state index contributed by atoms with van der Waals surface area (Å²) in [4.78, 5) is 0. The molecule has 0 aromatic heterocycles. The molecule has 17 heteroatoms. The first-order valence-corrected chi connectivity index (χ1v) is 9.21. The largest absolute Gasteiger partial charge is 0.429 e. The first-order valence-electron chi connectivity index (χ1n) is 9.21. The van der Waals surface area contributed by atoms with Gasteiger partial charge in [-0.3, -0.25) is 0 Å². The minimum Gasteiger partial charge on any atom is -0.233 e. The van der Waals surface area contributed by atoms with Gasteiger partial charge in [0.2, 0.25) is 11.3 Å². The number of halogens is 17. The predicted molar refractivity (Wildman–Crippen MR) is 79.1 cm³/mol. The topological polar surface area (TPSA) is 0 Å². The molecular formula is C17H15F17. The summed E-state index contributed by atoms with van der Waals surface area (Å²) in [7, 11) is 0. The molecule has 0 heterocycles. The molecule has 0 amide bonds. The second kappa shape index (κ2) is 6.76. The van der Waals surface area contributed by atoms with E-state index in [-0.39, 0.29) is 13.8 Å². The highest BCUT2D eigenvalue weighted by atomic mass is 19.4. The Bertz CT molecular complexity index is 823. The van der Waals surface area contributed by atoms with Gasteiger partial charge < -0.3 is 0 Å². The Hall–Kier alpha value is -1.19. The lowest BCUT2D eigenvalue weighted by Gasteiger charge is -2.41. The first-order chi connectivity index (χ1) is 14.5. The van der Waals surface area contributed by atoms with E-state index in [9.17, 15) is 70.2 Å². The average Bonchev–Trinajstić information content (AvgIpc) is 2.75. The summed E-state index contributed by atoms with van der Waals surface area (Å²) in [5.41, 5.74) is -23.7. The van der Waals surface area contributed by atoms with Crippen molar-refractivity contribution in [3.8, 4) is 0 Å². The Balaban J connectivity index is 2.74. The van der Waals surface area contributed by atoms with Crippen molar-refractivity contribution in [2.45, 2.75) is 86.7 Å². The highest BCUT2D eigenvalue weighted by Crippen LogP contribution is 2.74. The molecule has 2 rings (SSSR count). The van der Waals surface area contributed by atoms with Crippen LogP contribution >= 0.6 is 0 Å². The molecule has 0 aliphatic heterocycles. The van der Waals surface area contributed by atoms with Crippen LogP contribution in [0.25, 0.3) is 0 Å². The predicted octanol–water partition coefficient (Wildman–Crippen LogP) is 7.86. The van der Waals surface area contributed by atoms with E-state index in [0.29, 0.717) is 0 Å². The fourth-order valence-electron chi connectivity index (χ4n) is 5.01. The smallest absolute Gasteiger partial charge is 0.233 e. The van der Waals surface area contributed by atoms with E-state index in [4.69, 9.17) is 0 Å². The maximum absolute atomic E-state index is 15.1. The second-order valence-electron chi connectivity index (χ2n) is 8.95. The summed E-state index contributed by atoms with van der Waals surface area (Å²) in [6, 6.07) is 0. The molecule has 6 atom stereocenters. The van der Waals surface area contributed by atoms with E-state index in [1.165, 1.54) is 0 Å². The summed E-state index contributed by atoms with van der Waals surface area (Å²) < 4.78 is 237. The van der Waals surface area contributed by atoms with Crippen molar-refractivity contribution in [3.05, 3.63) is 0 Å². The highest BCUT2D eigenvalue weighted by Gasteiger charge is 3.01. The molecule has 0 radical (unpaired) electrons. The summed E-state index contributed by atoms with van der Waals surface area (Å²) in [6.07, 6.45) is -19.2. The van der Waals surface area contributed by atoms with Crippen molar-refractivity contribution >= 4 is 0 Å². The van der Waals surface area contributed by atoms with Gasteiger partial charge in [0.15, 0.2) is 0 Å². The molecule has 0 N–H and O–H groups in total. The minimum absolute atomic E-state index is 0.0568. The number of rotatable bonds is 3. The summed E-state index contributed by atoms with van der Waals surface area (Å²) in [6.45, 7) is -1.43. The van der Waals surface area contributed by atoms with E-state index >= 15 is 4.39 Å². The van der Waals surface area contributed by atoms with Crippen molar-refractivity contribution < 1.29 is 74.6 Å². The van der Waals surface area contributed by atoms with E-state index in [0.717, 1.165) is 0 Å². The van der Waals surface area contributed by atoms with Crippen molar-refractivity contribution in [1.29, 1.82) is 0 Å². The van der Waals surface area contributed by atoms with Gasteiger partial charge in [0.25, 0.3) is 5.67 Å². The molecule has 0 aromatic carbocycles. The summed E-state index contributed by atoms with van der Waals surface area (Å²) in [5, 5.41) is 0. The van der Waals surface area contributed by atoms with Crippen LogP contribution in [0, 0.1) is 17.3 Å². The van der Waals surface area contributed by atoms with E-state index in [2.05, 4.69) is 0 Å². The minimum atomic E-state index is -7.21. The maximum atomic E-state index is 15.1. The van der Waals surface area contributed by atoms with Gasteiger partial charge in [-0.25, -0.2) is 13.2 Å². The Morgan fingerprint density at radius 1 is 0.618 bits per heavy atom. The molecule has 0 aromatic rings. The van der Waals surface area contributed by atoms with Gasteiger partial charge in [-0.05, 0) is 26.7 Å². The number of alkyl halides is 17. The molecule has 202 valence electrons. The fourth-order valence-corrected chi connectivity index (χ4v) is 5.01. The maximum Gasteiger partial charge on any atom is 0.429 e. The Morgan fingerprint density at radius 2 is 1.03 bits per heavy atom. The van der Waals surface area contributed by atoms with Gasteiger partial charge in [-0.2, -0.15) is 61.5 Å². The van der Waals surface area contributed by atoms with Gasteiger partial charge >= 0.3 is 36.0 Å². The van der Waals surface area contributed by atoms with Gasteiger partial charge in [0.1, 0.15) is 0 Å². The molecule has 2 fully saturated rings. The Morgan fingerprint density at radius 3 is 1.38 bits per heavy atom. The lowest BCUT2D eigenvalue weighted by Crippen LogP contribution is -2.66. The molecule has 34 heavy (non-hydrogen) atoms. The van der Waals surface area contributed by atoms with E-state index in [1.54, 1.807) is 0 Å². The zero-order valence-electron chi connectivity index (χ0n) is 17.0. The SMILES string of the molecule is CC1C(F)(F)C(F)(F)C(CCC2(F)C(F)(F)C(F)(F)C(C)(F)C2(F)C(F)(F)F)C1(C)C(F)(F)F. The standard InChI is InChI=1S/C17H15F17/c1-6-8(2,16(29,30)31)7(12(22,23)11(6,20)21)4-5-10(19)13(24,17(32,33)34)9(3,18)14(25,26)15(10,27)28/h6-7H,4-5H2,1-3H3. The van der Waals surface area contributed by atoms with Crippen LogP contribution in [0.3, 0.4) is 0 Å². The monoisotopic (exact) mass is 542 g/mol. The molecule has 2 aliphatic rings. The Labute approximate surface area is 179 Å². The summed E-state index contributed by atoms with van der Waals surface area (Å²) in [5.74, 6) is -32.5. The highest BCUT2D eigenvalue weighted by molar-refractivity contribution is 5.34. The van der Waals surface area contributed by atoms with Crippen molar-refractivity contribution in [2.24, 2.45) is 17.3 Å². The zero-order chi connectivity index (χ0) is 27.6. The normalized spacial score (nSPS) is 45.5. The fraction of sp³-hybridized carbons (Fsp3) is 1.00. The van der Waals surface area contributed by atoms with Crippen LogP contribution in [0.5, 0.6) is 0 Å². The molecule has 0 spiro atoms. The van der Waals surface area contributed by atoms with Crippen LogP contribution in [0.2, 0.25) is 0 Å². The van der Waals surface area contributed by atoms with E-state index in [1.807, 2.05) is 0 Å². The quantitative estimate of drug-likeness (QED) is 0.319. The molecular weight excluding hydrogens is 527 g/mol. The third-order valence-electron chi connectivity index (χ3n) is 7.50. The summed E-state index contributed by atoms with van der Waals surface area (Å²) >= 11 is 0. The van der Waals surface area contributed by atoms with Crippen LogP contribution in [0.1, 0.15) is 33.6 Å². The van der Waals surface area contributed by atoms with Crippen LogP contribution in [0.15, 0.2) is 0 Å². The van der Waals surface area contributed by atoms with Crippen LogP contribution in [-0.4, -0.2) is 53.0 Å². The van der Waals surface area contributed by atoms with Gasteiger partial charge in [0.05, 0.1) is 5.41 Å². The molecule has 6 unspecified atom stereocenters. The van der Waals surface area contributed by atoms with Gasteiger partial charge in [-0.1, -0.05) is 6.92 Å². The van der Waals surface area contributed by atoms with Gasteiger partial charge in [-0.15, -0.1) is 0 Å². The molecule has 0 saturated heterocycles. The lowest BCUT2D eigenvalue weighted by atomic mass is 9.69. The number of hydrogen-bond donors (Lipinski definition) is 0. The second-order valence-corrected chi connectivity index (χ2v) is 8.95. The van der Waals surface area contributed by atoms with Crippen molar-refractivity contribution in [2.75, 3.05) is 0 Å². The van der Waals surface area contributed by atoms with Crippen LogP contribution in [-0.2, 0) is 0 Å². The van der Waals surface area contributed by atoms with Gasteiger partial charge in [0, 0.05) is 11.8 Å². The lowest BCUT2D eigenvalue weighted by molar-refractivity contribution is -0.314. The van der Waals surface area contributed by atoms with Crippen LogP contribution in [0.4, 0.5) is 74.6 Å². The zero-order valence-corrected chi connectivity index (χ0v) is 17.0.